The van der Waals surface area contributed by atoms with E-state index in [0.29, 0.717) is 49.5 Å². The number of nitrogens with zero attached hydrogens (tertiary/aromatic N) is 2. The number of nitrogens with two attached hydrogens (primary N) is 1. The number of fused-ring (bicyclic) bond motifs is 1. The van der Waals surface area contributed by atoms with Crippen LogP contribution in [-0.4, -0.2) is 91.4 Å². The summed E-state index contributed by atoms with van der Waals surface area (Å²) < 4.78 is 33.9. The molecule has 2 amide bonds. The van der Waals surface area contributed by atoms with Gasteiger partial charge in [-0.05, 0) is 142 Å². The summed E-state index contributed by atoms with van der Waals surface area (Å²) in [5.74, 6) is 1.47. The summed E-state index contributed by atoms with van der Waals surface area (Å²) in [5, 5.41) is 37.4. The Kier molecular flexibility index (Phi) is 13.5. The molecular formula is C48H70FN5O9. The van der Waals surface area contributed by atoms with Crippen molar-refractivity contribution in [3.8, 4) is 0 Å². The molecule has 0 bridgehead atoms. The number of hydrogen-bond acceptors (Lipinski definition) is 11. The fraction of sp³-hybridized carbons (Fsp3) is 0.708. The lowest BCUT2D eigenvalue weighted by Gasteiger charge is -2.46. The molecule has 1 aromatic rings. The van der Waals surface area contributed by atoms with Crippen molar-refractivity contribution in [2.45, 2.75) is 173 Å². The maximum atomic E-state index is 15.7. The van der Waals surface area contributed by atoms with Crippen molar-refractivity contribution in [2.24, 2.45) is 34.5 Å². The van der Waals surface area contributed by atoms with Gasteiger partial charge in [0.1, 0.15) is 30.7 Å². The summed E-state index contributed by atoms with van der Waals surface area (Å²) in [6.07, 6.45) is 12.7. The first-order chi connectivity index (χ1) is 29.6. The SMILES string of the molecule is C=C1/C(=C\C=C2/CCC[C@@]3(C)C2CCC3[C@@H](C)/C=C/C(OC(=O)NC2CC(C)(C)CC(C)(NC(=O)OCC3OC(n4ccc(N)nc4=O)C(C)(F)C3O)C2)C2CC2)C[C@@H](O)C[C@@H]1O. The molecule has 1 aliphatic heterocycles. The number of aromatic nitrogens is 2. The number of rotatable bonds is 11. The third-order valence-electron chi connectivity index (χ3n) is 15.2. The second-order valence-electron chi connectivity index (χ2n) is 21.2. The zero-order chi connectivity index (χ0) is 45.6. The summed E-state index contributed by atoms with van der Waals surface area (Å²) in [7, 11) is 0. The van der Waals surface area contributed by atoms with E-state index in [9.17, 15) is 29.7 Å². The predicted molar refractivity (Wildman–Crippen MR) is 236 cm³/mol. The third-order valence-corrected chi connectivity index (χ3v) is 15.2. The molecule has 7 N–H and O–H groups in total. The Bertz CT molecular complexity index is 2050. The monoisotopic (exact) mass is 880 g/mol. The maximum Gasteiger partial charge on any atom is 0.407 e. The van der Waals surface area contributed by atoms with E-state index in [-0.39, 0.29) is 40.6 Å². The lowest BCUT2D eigenvalue weighted by atomic mass is 9.61. The van der Waals surface area contributed by atoms with E-state index in [1.807, 2.05) is 6.92 Å². The Morgan fingerprint density at radius 1 is 1.10 bits per heavy atom. The van der Waals surface area contributed by atoms with E-state index in [1.165, 1.54) is 17.8 Å². The van der Waals surface area contributed by atoms with E-state index in [0.717, 1.165) is 62.0 Å². The molecule has 15 heteroatoms. The predicted octanol–water partition coefficient (Wildman–Crippen LogP) is 6.71. The number of halogens is 1. The molecule has 348 valence electrons. The number of carbonyl (C=O) groups excluding carboxylic acids is 2. The molecule has 5 saturated carbocycles. The van der Waals surface area contributed by atoms with E-state index in [2.05, 4.69) is 74.2 Å². The minimum absolute atomic E-state index is 0.0421. The lowest BCUT2D eigenvalue weighted by Crippen LogP contribution is -2.57. The van der Waals surface area contributed by atoms with Gasteiger partial charge in [0.25, 0.3) is 0 Å². The number of aliphatic hydroxyl groups is 3. The van der Waals surface area contributed by atoms with Crippen molar-refractivity contribution in [3.05, 3.63) is 70.3 Å². The minimum Gasteiger partial charge on any atom is -0.447 e. The summed E-state index contributed by atoms with van der Waals surface area (Å²) in [6, 6.07) is 1.01. The second kappa shape index (κ2) is 18.1. The maximum absolute atomic E-state index is 15.7. The molecule has 7 rings (SSSR count). The van der Waals surface area contributed by atoms with Crippen LogP contribution in [0.4, 0.5) is 19.8 Å². The van der Waals surface area contributed by atoms with Gasteiger partial charge in [-0.15, -0.1) is 0 Å². The number of carbonyl (C=O) groups is 2. The van der Waals surface area contributed by atoms with Crippen molar-refractivity contribution in [2.75, 3.05) is 12.3 Å². The van der Waals surface area contributed by atoms with Crippen LogP contribution in [-0.2, 0) is 14.2 Å². The molecule has 0 spiro atoms. The molecule has 5 aliphatic carbocycles. The van der Waals surface area contributed by atoms with Crippen LogP contribution in [0.2, 0.25) is 0 Å². The van der Waals surface area contributed by atoms with Crippen molar-refractivity contribution in [1.29, 1.82) is 0 Å². The molecule has 2 heterocycles. The summed E-state index contributed by atoms with van der Waals surface area (Å²) >= 11 is 0. The zero-order valence-corrected chi connectivity index (χ0v) is 37.9. The highest BCUT2D eigenvalue weighted by Crippen LogP contribution is 2.59. The number of alkyl halides is 1. The van der Waals surface area contributed by atoms with E-state index >= 15 is 4.39 Å². The number of nitrogen functional groups attached to an aromatic ring is 1. The molecule has 63 heavy (non-hydrogen) atoms. The largest absolute Gasteiger partial charge is 0.447 e. The molecule has 9 unspecified atom stereocenters. The Morgan fingerprint density at radius 2 is 1.84 bits per heavy atom. The van der Waals surface area contributed by atoms with Gasteiger partial charge < -0.3 is 45.9 Å². The molecule has 6 fully saturated rings. The van der Waals surface area contributed by atoms with Gasteiger partial charge in [-0.1, -0.05) is 58.1 Å². The molecule has 6 aliphatic rings. The fourth-order valence-electron chi connectivity index (χ4n) is 12.1. The molecule has 1 saturated heterocycles. The highest BCUT2D eigenvalue weighted by molar-refractivity contribution is 5.69. The number of nitrogens with one attached hydrogen (secondary N) is 2. The summed E-state index contributed by atoms with van der Waals surface area (Å²) in [4.78, 5) is 42.8. The van der Waals surface area contributed by atoms with Crippen LogP contribution in [0.1, 0.15) is 125 Å². The van der Waals surface area contributed by atoms with Crippen LogP contribution in [0.5, 0.6) is 0 Å². The highest BCUT2D eigenvalue weighted by atomic mass is 19.1. The first-order valence-corrected chi connectivity index (χ1v) is 23.0. The van der Waals surface area contributed by atoms with Gasteiger partial charge in [0, 0.05) is 24.2 Å². The van der Waals surface area contributed by atoms with E-state index in [4.69, 9.17) is 19.9 Å². The van der Waals surface area contributed by atoms with E-state index < -0.39 is 66.3 Å². The Labute approximate surface area is 370 Å². The highest BCUT2D eigenvalue weighted by Gasteiger charge is 2.56. The van der Waals surface area contributed by atoms with E-state index in [1.54, 1.807) is 0 Å². The molecule has 0 aromatic carbocycles. The number of ether oxygens (including phenoxy) is 3. The molecule has 14 nitrogen and oxygen atoms in total. The first-order valence-electron chi connectivity index (χ1n) is 23.0. The van der Waals surface area contributed by atoms with Crippen LogP contribution >= 0.6 is 0 Å². The summed E-state index contributed by atoms with van der Waals surface area (Å²) in [6.45, 7) is 15.5. The average molecular weight is 880 g/mol. The third kappa shape index (κ3) is 10.4. The fourth-order valence-corrected chi connectivity index (χ4v) is 12.1. The number of anilines is 1. The Hall–Kier alpha value is -4.05. The smallest absolute Gasteiger partial charge is 0.407 e. The Morgan fingerprint density at radius 3 is 2.56 bits per heavy atom. The van der Waals surface area contributed by atoms with Gasteiger partial charge in [0.15, 0.2) is 11.9 Å². The number of aliphatic hydroxyl groups excluding tert-OH is 3. The molecule has 1 aromatic heterocycles. The lowest BCUT2D eigenvalue weighted by molar-refractivity contribution is -0.0631. The van der Waals surface area contributed by atoms with Gasteiger partial charge in [-0.25, -0.2) is 18.8 Å². The van der Waals surface area contributed by atoms with Crippen molar-refractivity contribution >= 4 is 18.0 Å². The van der Waals surface area contributed by atoms with Crippen LogP contribution in [0.3, 0.4) is 0 Å². The number of hydrogen-bond donors (Lipinski definition) is 6. The summed E-state index contributed by atoms with van der Waals surface area (Å²) in [5.41, 5.74) is 4.52. The van der Waals surface area contributed by atoms with Crippen LogP contribution in [0, 0.1) is 34.5 Å². The van der Waals surface area contributed by atoms with Crippen molar-refractivity contribution < 1.29 is 43.5 Å². The number of alkyl carbamates (subject to hydrolysis) is 2. The van der Waals surface area contributed by atoms with Gasteiger partial charge in [0.05, 0.1) is 12.2 Å². The van der Waals surface area contributed by atoms with Gasteiger partial charge >= 0.3 is 17.9 Å². The normalized spacial score (nSPS) is 38.9. The number of amides is 2. The standard InChI is InChI=1S/C48H70FN5O9/c1-27(34-15-16-35-29(9-8-19-47(34,35)6)11-14-31-21-33(55)22-36(56)28(31)2)10-17-37(30-12-13-30)63-43(59)51-32-23-45(3,4)26-46(5,24-32)53-44(60)61-25-38-40(57)48(7,49)41(62-38)54-20-18-39(50)52-42(54)58/h10-11,14,17-18,20,27,30,32-38,40-41,55-57H,2,8-9,12-13,15-16,19,21-26H2,1,3-7H3,(H,51,59)(H,53,60)(H2,50,52,58)/b17-10+,29-11+,31-14-/t27-,32?,33+,34?,35?,36-,37?,38?,40?,41?,46?,47+,48?/m0/s1. The first kappa shape index (κ1) is 46.9. The van der Waals surface area contributed by atoms with Crippen molar-refractivity contribution in [3.63, 3.8) is 0 Å². The van der Waals surface area contributed by atoms with Gasteiger partial charge in [-0.3, -0.25) is 4.57 Å². The van der Waals surface area contributed by atoms with Gasteiger partial charge in [0.2, 0.25) is 0 Å². The zero-order valence-electron chi connectivity index (χ0n) is 37.9. The average Bonchev–Trinajstić information content (AvgIpc) is 3.92. The number of allylic oxidation sites excluding steroid dienone is 4. The second-order valence-corrected chi connectivity index (χ2v) is 21.2. The van der Waals surface area contributed by atoms with Crippen LogP contribution in [0.25, 0.3) is 0 Å². The van der Waals surface area contributed by atoms with Crippen LogP contribution < -0.4 is 22.1 Å². The quantitative estimate of drug-likeness (QED) is 0.129. The molecule has 0 radical (unpaired) electrons. The van der Waals surface area contributed by atoms with Gasteiger partial charge in [-0.2, -0.15) is 4.98 Å². The topological polar surface area (TPSA) is 207 Å². The van der Waals surface area contributed by atoms with Crippen molar-refractivity contribution in [1.82, 2.24) is 20.2 Å². The molecular weight excluding hydrogens is 810 g/mol. The molecule has 13 atom stereocenters. The Balaban J connectivity index is 0.925. The minimum atomic E-state index is -2.40. The van der Waals surface area contributed by atoms with Crippen LogP contribution in [0.15, 0.2) is 64.7 Å².